The minimum absolute atomic E-state index is 0. The quantitative estimate of drug-likeness (QED) is 0.0321. The Hall–Kier alpha value is -5.94. The molecule has 6 rings (SSSR count). The number of carbonyl (C=O) groups excluding carboxylic acids is 2. The maximum atomic E-state index is 12.6. The van der Waals surface area contributed by atoms with E-state index in [1.165, 1.54) is 16.0 Å². The number of aromatic hydroxyl groups is 2. The number of aliphatic hydroxyl groups excluding tert-OH is 2. The Morgan fingerprint density at radius 1 is 0.600 bits per heavy atom. The molecule has 0 aliphatic heterocycles. The highest BCUT2D eigenvalue weighted by Gasteiger charge is 2.18. The van der Waals surface area contributed by atoms with Crippen LogP contribution >= 0.6 is 0 Å². The molecule has 4 N–H and O–H groups in total. The molecule has 0 atom stereocenters. The summed E-state index contributed by atoms with van der Waals surface area (Å²) in [4.78, 5) is 28.0. The molecule has 0 unspecified atom stereocenters. The first-order valence-corrected chi connectivity index (χ1v) is 22.1. The second kappa shape index (κ2) is 31.0. The minimum Gasteiger partial charge on any atom is -0.505 e. The van der Waals surface area contributed by atoms with Crippen LogP contribution in [-0.4, -0.2) is 102 Å². The molecule has 0 radical (unpaired) electrons. The smallest absolute Gasteiger partial charge is 0.308 e. The zero-order valence-corrected chi connectivity index (χ0v) is 38.2. The summed E-state index contributed by atoms with van der Waals surface area (Å²) >= 11 is 0. The van der Waals surface area contributed by atoms with Gasteiger partial charge < -0.3 is 39.4 Å². The summed E-state index contributed by atoms with van der Waals surface area (Å²) in [5, 5.41) is 55.7. The lowest BCUT2D eigenvalue weighted by Gasteiger charge is -2.13. The average Bonchev–Trinajstić information content (AvgIpc) is 3.93. The number of esters is 2. The van der Waals surface area contributed by atoms with Crippen molar-refractivity contribution >= 4 is 34.0 Å². The number of carbonyl (C=O) groups is 2. The Kier molecular flexibility index (Phi) is 26.3. The molecule has 2 heterocycles. The van der Waals surface area contributed by atoms with Crippen molar-refractivity contribution in [3.63, 3.8) is 0 Å². The molecule has 16 nitrogen and oxygen atoms in total. The van der Waals surface area contributed by atoms with Crippen LogP contribution in [-0.2, 0) is 54.2 Å². The summed E-state index contributed by atoms with van der Waals surface area (Å²) in [5.41, 5.74) is 6.84. The first-order chi connectivity index (χ1) is 31.1. The van der Waals surface area contributed by atoms with Crippen LogP contribution in [0.4, 0.5) is 0 Å². The third-order valence-electron chi connectivity index (χ3n) is 9.23. The van der Waals surface area contributed by atoms with Crippen LogP contribution in [0.2, 0.25) is 0 Å². The Morgan fingerprint density at radius 2 is 1.02 bits per heavy atom. The number of nitrogens with zero attached hydrogens (tertiary/aromatic N) is 6. The van der Waals surface area contributed by atoms with E-state index in [0.717, 1.165) is 36.0 Å². The van der Waals surface area contributed by atoms with Crippen LogP contribution < -0.4 is 0 Å². The van der Waals surface area contributed by atoms with E-state index in [9.17, 15) is 19.8 Å². The number of phenols is 2. The molecule has 356 valence electrons. The van der Waals surface area contributed by atoms with Crippen molar-refractivity contribution in [3.8, 4) is 22.9 Å². The van der Waals surface area contributed by atoms with Crippen molar-refractivity contribution in [1.82, 2.24) is 30.0 Å². The Bertz CT molecular complexity index is 2220. The van der Waals surface area contributed by atoms with Gasteiger partial charge in [0, 0.05) is 26.1 Å². The van der Waals surface area contributed by atoms with Gasteiger partial charge in [0.25, 0.3) is 0 Å². The van der Waals surface area contributed by atoms with Crippen molar-refractivity contribution in [3.05, 3.63) is 95.1 Å². The number of aromatic nitrogens is 6. The number of rotatable bonds is 20. The Labute approximate surface area is 383 Å². The van der Waals surface area contributed by atoms with Crippen LogP contribution in [0.1, 0.15) is 110 Å². The van der Waals surface area contributed by atoms with E-state index in [-0.39, 0.29) is 45.2 Å². The number of aliphatic hydroxyl groups is 2. The van der Waals surface area contributed by atoms with Crippen LogP contribution in [0.5, 0.6) is 11.5 Å². The first kappa shape index (κ1) is 55.2. The normalized spacial score (nSPS) is 10.5. The fraction of sp³-hybridized carbons (Fsp3) is 0.469. The van der Waals surface area contributed by atoms with Gasteiger partial charge in [-0.05, 0) is 105 Å². The molecule has 0 amide bonds. The number of hydrogen-bond donors (Lipinski definition) is 4. The molecule has 16 heteroatoms. The largest absolute Gasteiger partial charge is 0.505 e. The van der Waals surface area contributed by atoms with Gasteiger partial charge in [-0.15, -0.1) is 30.0 Å². The number of phenolic OH excluding ortho intramolecular Hbond substituents is 2. The summed E-state index contributed by atoms with van der Waals surface area (Å²) in [6.45, 7) is 13.2. The molecule has 0 aliphatic rings. The van der Waals surface area contributed by atoms with Crippen molar-refractivity contribution in [2.24, 2.45) is 0 Å². The predicted octanol–water partition coefficient (Wildman–Crippen LogP) is 8.51. The highest BCUT2D eigenvalue weighted by Crippen LogP contribution is 2.31. The van der Waals surface area contributed by atoms with Crippen molar-refractivity contribution in [2.75, 3.05) is 40.0 Å². The number of hydrogen-bond acceptors (Lipinski definition) is 14. The maximum Gasteiger partial charge on any atom is 0.308 e. The van der Waals surface area contributed by atoms with E-state index >= 15 is 0 Å². The minimum atomic E-state index is -0.521. The molecule has 2 aromatic heterocycles. The van der Waals surface area contributed by atoms with Crippen LogP contribution in [0, 0.1) is 0 Å². The molecule has 6 aromatic rings. The molecule has 0 spiro atoms. The summed E-state index contributed by atoms with van der Waals surface area (Å²) in [6.07, 6.45) is 6.31. The first-order valence-electron chi connectivity index (χ1n) is 22.1. The van der Waals surface area contributed by atoms with Gasteiger partial charge >= 0.3 is 11.9 Å². The van der Waals surface area contributed by atoms with Crippen LogP contribution in [0.3, 0.4) is 0 Å². The highest BCUT2D eigenvalue weighted by molar-refractivity contribution is 5.75. The molecule has 4 aromatic carbocycles. The fourth-order valence-electron chi connectivity index (χ4n) is 6.16. The molecule has 0 saturated carbocycles. The SMILES string of the molecule is C.CCC.CCCCCc1cc(CCC(=O)OCOC(=O)CCc2cc(CC)c(O)c(-n3nc4ccccc4n3)c2)cc(-n2nc3ccccc3n2)c1O.CCO.CCOCCOCO. The van der Waals surface area contributed by atoms with E-state index in [2.05, 4.69) is 45.9 Å². The lowest BCUT2D eigenvalue weighted by Crippen LogP contribution is -2.14. The number of benzene rings is 4. The molecule has 0 saturated heterocycles. The monoisotopic (exact) mass is 903 g/mol. The van der Waals surface area contributed by atoms with Gasteiger partial charge in [0.2, 0.25) is 6.79 Å². The van der Waals surface area contributed by atoms with E-state index in [1.807, 2.05) is 74.5 Å². The topological polar surface area (TPSA) is 213 Å². The van der Waals surface area contributed by atoms with Gasteiger partial charge in [0.05, 0.1) is 13.2 Å². The maximum absolute atomic E-state index is 12.6. The number of unbranched alkanes of at least 4 members (excludes halogenated alkanes) is 2. The molecule has 0 bridgehead atoms. The van der Waals surface area contributed by atoms with E-state index in [4.69, 9.17) is 24.4 Å². The molecule has 65 heavy (non-hydrogen) atoms. The van der Waals surface area contributed by atoms with Crippen LogP contribution in [0.25, 0.3) is 33.4 Å². The van der Waals surface area contributed by atoms with E-state index in [1.54, 1.807) is 19.1 Å². The predicted molar refractivity (Wildman–Crippen MR) is 252 cm³/mol. The zero-order valence-electron chi connectivity index (χ0n) is 38.2. The highest BCUT2D eigenvalue weighted by atomic mass is 16.7. The summed E-state index contributed by atoms with van der Waals surface area (Å²) in [6, 6.07) is 22.2. The van der Waals surface area contributed by atoms with Gasteiger partial charge in [-0.1, -0.05) is 90.8 Å². The third-order valence-corrected chi connectivity index (χ3v) is 9.23. The summed E-state index contributed by atoms with van der Waals surface area (Å²) in [7, 11) is 0. The Morgan fingerprint density at radius 3 is 1.42 bits per heavy atom. The number of fused-ring (bicyclic) bond motifs is 2. The van der Waals surface area contributed by atoms with Gasteiger partial charge in [0.15, 0.2) is 0 Å². The second-order valence-corrected chi connectivity index (χ2v) is 14.4. The van der Waals surface area contributed by atoms with E-state index in [0.29, 0.717) is 84.5 Å². The van der Waals surface area contributed by atoms with Crippen molar-refractivity contribution in [2.45, 2.75) is 113 Å². The van der Waals surface area contributed by atoms with Gasteiger partial charge in [-0.2, -0.15) is 0 Å². The number of ether oxygens (including phenoxy) is 4. The standard InChI is InChI=1S/C38H40N6O6.C5H12O3.C3H8.C2H6O.CH4/c1-3-5-6-11-28-21-26(23-34(38(28)48)44-41-31-14-9-10-15-32(31)42-44)17-19-36(46)50-24-49-35(45)18-16-25-20-27(4-2)37(47)33(22-25)43-39-29-12-7-8-13-30(29)40-43;1-2-7-3-4-8-5-6;1-3-2;1-2-3;/h7-10,12-15,20-23,47-48H,3-6,11,16-19,24H2,1-2H3;6H,2-5H2,1H3;3H2,1-2H3;3H,2H2,1H3;1H4. The fourth-order valence-corrected chi connectivity index (χ4v) is 6.16. The van der Waals surface area contributed by atoms with Gasteiger partial charge in [-0.25, -0.2) is 0 Å². The zero-order chi connectivity index (χ0) is 46.7. The van der Waals surface area contributed by atoms with Crippen molar-refractivity contribution < 1.29 is 49.0 Å². The summed E-state index contributed by atoms with van der Waals surface area (Å²) < 4.78 is 19.9. The lowest BCUT2D eigenvalue weighted by molar-refractivity contribution is -0.167. The molecular formula is C49H70N6O10. The lowest BCUT2D eigenvalue weighted by atomic mass is 10.00. The van der Waals surface area contributed by atoms with Crippen molar-refractivity contribution in [1.29, 1.82) is 0 Å². The Balaban J connectivity index is 0.000000848. The van der Waals surface area contributed by atoms with E-state index < -0.39 is 18.7 Å². The number of aryl methyl sites for hydroxylation is 4. The summed E-state index contributed by atoms with van der Waals surface area (Å²) in [5.74, 6) is -0.820. The van der Waals surface area contributed by atoms with Gasteiger partial charge in [-0.3, -0.25) is 9.59 Å². The molecule has 0 aliphatic carbocycles. The van der Waals surface area contributed by atoms with Gasteiger partial charge in [0.1, 0.15) is 51.7 Å². The molecule has 0 fully saturated rings. The second-order valence-electron chi connectivity index (χ2n) is 14.4. The average molecular weight is 903 g/mol. The molecular weight excluding hydrogens is 833 g/mol. The third kappa shape index (κ3) is 18.2. The van der Waals surface area contributed by atoms with Crippen LogP contribution in [0.15, 0.2) is 72.8 Å².